The zero-order chi connectivity index (χ0) is 19.4. The minimum Gasteiger partial charge on any atom is -0.508 e. The molecule has 0 aliphatic rings. The van der Waals surface area contributed by atoms with Gasteiger partial charge in [-0.25, -0.2) is 4.68 Å². The lowest BCUT2D eigenvalue weighted by Gasteiger charge is -2.07. The van der Waals surface area contributed by atoms with Crippen molar-refractivity contribution in [1.82, 2.24) is 9.78 Å². The summed E-state index contributed by atoms with van der Waals surface area (Å²) in [6.07, 6.45) is 2.02. The summed E-state index contributed by atoms with van der Waals surface area (Å²) in [6, 6.07) is 13.7. The van der Waals surface area contributed by atoms with Crippen LogP contribution in [0.15, 0.2) is 58.4 Å². The summed E-state index contributed by atoms with van der Waals surface area (Å²) in [5.74, 6) is 0.0990. The van der Waals surface area contributed by atoms with E-state index in [2.05, 4.69) is 15.6 Å². The van der Waals surface area contributed by atoms with E-state index in [-0.39, 0.29) is 17.1 Å². The standard InChI is InChI=1S/C20H20N4O3/c1-3-16-18(25)10-6-14(20(16)27)12-21-22-15-7-4-13(5-8-15)17-9-11-19(26)24(2)23-17/h4-12,22,25,27H,3H2,1-2H3/b21-12+. The maximum atomic E-state index is 11.4. The molecular weight excluding hydrogens is 344 g/mol. The second-order valence-corrected chi connectivity index (χ2v) is 5.98. The molecule has 138 valence electrons. The van der Waals surface area contributed by atoms with Crippen LogP contribution in [0.4, 0.5) is 5.69 Å². The molecule has 0 fully saturated rings. The van der Waals surface area contributed by atoms with E-state index < -0.39 is 0 Å². The molecule has 0 amide bonds. The van der Waals surface area contributed by atoms with E-state index in [0.29, 0.717) is 23.2 Å². The number of benzene rings is 2. The van der Waals surface area contributed by atoms with E-state index in [1.807, 2.05) is 31.2 Å². The average molecular weight is 364 g/mol. The van der Waals surface area contributed by atoms with Crippen LogP contribution in [0.5, 0.6) is 11.5 Å². The number of hydrazone groups is 1. The Labute approximate surface area is 156 Å². The summed E-state index contributed by atoms with van der Waals surface area (Å²) in [4.78, 5) is 11.4. The van der Waals surface area contributed by atoms with Gasteiger partial charge in [-0.15, -0.1) is 0 Å². The number of aromatic hydroxyl groups is 2. The Balaban J connectivity index is 1.73. The van der Waals surface area contributed by atoms with Crippen molar-refractivity contribution in [2.45, 2.75) is 13.3 Å². The molecule has 0 saturated heterocycles. The van der Waals surface area contributed by atoms with Crippen LogP contribution in [0.3, 0.4) is 0 Å². The molecule has 0 spiro atoms. The van der Waals surface area contributed by atoms with E-state index in [9.17, 15) is 15.0 Å². The molecule has 0 atom stereocenters. The minimum absolute atomic E-state index is 0.0270. The van der Waals surface area contributed by atoms with Gasteiger partial charge in [0, 0.05) is 29.8 Å². The fourth-order valence-electron chi connectivity index (χ4n) is 2.64. The smallest absolute Gasteiger partial charge is 0.266 e. The number of anilines is 1. The van der Waals surface area contributed by atoms with Crippen LogP contribution in [0, 0.1) is 0 Å². The Morgan fingerprint density at radius 1 is 1.11 bits per heavy atom. The normalized spacial score (nSPS) is 11.0. The van der Waals surface area contributed by atoms with Gasteiger partial charge in [0.25, 0.3) is 5.56 Å². The summed E-state index contributed by atoms with van der Waals surface area (Å²) in [5, 5.41) is 28.2. The molecule has 0 radical (unpaired) electrons. The molecule has 0 aliphatic heterocycles. The van der Waals surface area contributed by atoms with Crippen LogP contribution in [0.1, 0.15) is 18.1 Å². The largest absolute Gasteiger partial charge is 0.508 e. The first-order valence-corrected chi connectivity index (χ1v) is 8.47. The number of nitrogens with zero attached hydrogens (tertiary/aromatic N) is 3. The van der Waals surface area contributed by atoms with Crippen LogP contribution < -0.4 is 11.0 Å². The van der Waals surface area contributed by atoms with Gasteiger partial charge >= 0.3 is 0 Å². The highest BCUT2D eigenvalue weighted by Crippen LogP contribution is 2.30. The Kier molecular flexibility index (Phi) is 5.21. The van der Waals surface area contributed by atoms with Crippen LogP contribution in [0.2, 0.25) is 0 Å². The van der Waals surface area contributed by atoms with Crippen molar-refractivity contribution in [3.8, 4) is 22.8 Å². The molecule has 1 aromatic heterocycles. The highest BCUT2D eigenvalue weighted by Gasteiger charge is 2.09. The molecule has 1 heterocycles. The molecule has 0 aliphatic carbocycles. The second kappa shape index (κ2) is 7.74. The maximum absolute atomic E-state index is 11.4. The zero-order valence-corrected chi connectivity index (χ0v) is 15.0. The van der Waals surface area contributed by atoms with Gasteiger partial charge < -0.3 is 10.2 Å². The van der Waals surface area contributed by atoms with Gasteiger partial charge in [-0.3, -0.25) is 10.2 Å². The molecule has 7 nitrogen and oxygen atoms in total. The lowest BCUT2D eigenvalue weighted by molar-refractivity contribution is 0.439. The number of hydrogen-bond donors (Lipinski definition) is 3. The van der Waals surface area contributed by atoms with Crippen LogP contribution >= 0.6 is 0 Å². The molecule has 0 bridgehead atoms. The Morgan fingerprint density at radius 2 is 1.85 bits per heavy atom. The van der Waals surface area contributed by atoms with Crippen molar-refractivity contribution < 1.29 is 10.2 Å². The van der Waals surface area contributed by atoms with E-state index in [1.54, 1.807) is 19.2 Å². The fraction of sp³-hybridized carbons (Fsp3) is 0.150. The van der Waals surface area contributed by atoms with Crippen molar-refractivity contribution in [3.05, 3.63) is 70.0 Å². The van der Waals surface area contributed by atoms with Gasteiger partial charge in [0.05, 0.1) is 17.6 Å². The van der Waals surface area contributed by atoms with E-state index in [1.165, 1.54) is 23.0 Å². The van der Waals surface area contributed by atoms with Crippen molar-refractivity contribution in [2.75, 3.05) is 5.43 Å². The van der Waals surface area contributed by atoms with Gasteiger partial charge in [-0.05, 0) is 36.8 Å². The molecule has 0 unspecified atom stereocenters. The first-order chi connectivity index (χ1) is 13.0. The maximum Gasteiger partial charge on any atom is 0.266 e. The predicted molar refractivity (Wildman–Crippen MR) is 105 cm³/mol. The third kappa shape index (κ3) is 3.98. The lowest BCUT2D eigenvalue weighted by atomic mass is 10.1. The predicted octanol–water partition coefficient (Wildman–Crippen LogP) is 2.87. The minimum atomic E-state index is -0.157. The quantitative estimate of drug-likeness (QED) is 0.477. The fourth-order valence-corrected chi connectivity index (χ4v) is 2.64. The zero-order valence-electron chi connectivity index (χ0n) is 15.0. The third-order valence-electron chi connectivity index (χ3n) is 4.18. The summed E-state index contributed by atoms with van der Waals surface area (Å²) in [7, 11) is 1.61. The average Bonchev–Trinajstić information content (AvgIpc) is 2.67. The van der Waals surface area contributed by atoms with Crippen molar-refractivity contribution >= 4 is 11.9 Å². The van der Waals surface area contributed by atoms with Crippen molar-refractivity contribution in [1.29, 1.82) is 0 Å². The van der Waals surface area contributed by atoms with E-state index in [4.69, 9.17) is 0 Å². The third-order valence-corrected chi connectivity index (χ3v) is 4.18. The van der Waals surface area contributed by atoms with E-state index >= 15 is 0 Å². The number of aryl methyl sites for hydroxylation is 1. The second-order valence-electron chi connectivity index (χ2n) is 5.98. The van der Waals surface area contributed by atoms with Crippen molar-refractivity contribution in [2.24, 2.45) is 12.1 Å². The Bertz CT molecular complexity index is 1040. The summed E-state index contributed by atoms with van der Waals surface area (Å²) >= 11 is 0. The van der Waals surface area contributed by atoms with Gasteiger partial charge in [0.2, 0.25) is 0 Å². The van der Waals surface area contributed by atoms with Gasteiger partial charge in [0.15, 0.2) is 0 Å². The van der Waals surface area contributed by atoms with Crippen LogP contribution in [-0.4, -0.2) is 26.2 Å². The van der Waals surface area contributed by atoms with Gasteiger partial charge in [-0.2, -0.15) is 10.2 Å². The number of rotatable bonds is 5. The lowest BCUT2D eigenvalue weighted by Crippen LogP contribution is -2.18. The highest BCUT2D eigenvalue weighted by molar-refractivity contribution is 5.85. The molecule has 27 heavy (non-hydrogen) atoms. The number of aromatic nitrogens is 2. The molecule has 7 heteroatoms. The molecule has 2 aromatic carbocycles. The topological polar surface area (TPSA) is 99.7 Å². The highest BCUT2D eigenvalue weighted by atomic mass is 16.3. The van der Waals surface area contributed by atoms with Crippen LogP contribution in [0.25, 0.3) is 11.3 Å². The number of phenolic OH excluding ortho intramolecular Hbond substituents is 2. The van der Waals surface area contributed by atoms with Gasteiger partial charge in [0.1, 0.15) is 11.5 Å². The molecule has 0 saturated carbocycles. The van der Waals surface area contributed by atoms with E-state index in [0.717, 1.165) is 11.3 Å². The summed E-state index contributed by atoms with van der Waals surface area (Å²) in [6.45, 7) is 1.86. The van der Waals surface area contributed by atoms with Crippen LogP contribution in [-0.2, 0) is 13.5 Å². The first kappa shape index (κ1) is 18.2. The molecule has 3 aromatic rings. The number of nitrogens with one attached hydrogen (secondary N) is 1. The SMILES string of the molecule is CCc1c(O)ccc(/C=N/Nc2ccc(-c3ccc(=O)n(C)n3)cc2)c1O. The summed E-state index contributed by atoms with van der Waals surface area (Å²) in [5.41, 5.74) is 6.08. The van der Waals surface area contributed by atoms with Crippen molar-refractivity contribution in [3.63, 3.8) is 0 Å². The molecular formula is C20H20N4O3. The number of phenols is 2. The Morgan fingerprint density at radius 3 is 2.52 bits per heavy atom. The van der Waals surface area contributed by atoms with Gasteiger partial charge in [-0.1, -0.05) is 19.1 Å². The number of hydrogen-bond acceptors (Lipinski definition) is 6. The summed E-state index contributed by atoms with van der Waals surface area (Å²) < 4.78 is 1.29. The first-order valence-electron chi connectivity index (χ1n) is 8.47. The monoisotopic (exact) mass is 364 g/mol. The molecule has 3 rings (SSSR count). The Hall–Kier alpha value is -3.61. The molecule has 3 N–H and O–H groups in total.